The van der Waals surface area contributed by atoms with Gasteiger partial charge in [0.05, 0.1) is 18.6 Å². The summed E-state index contributed by atoms with van der Waals surface area (Å²) in [6.07, 6.45) is 0.138. The number of aryl methyl sites for hydroxylation is 1. The molecule has 0 aliphatic carbocycles. The van der Waals surface area contributed by atoms with E-state index in [1.54, 1.807) is 49.4 Å². The fourth-order valence-corrected chi connectivity index (χ4v) is 21.4. The normalized spacial score (nSPS) is 13.2. The van der Waals surface area contributed by atoms with Crippen molar-refractivity contribution in [3.63, 3.8) is 0 Å². The zero-order valence-corrected chi connectivity index (χ0v) is 49.3. The highest BCUT2D eigenvalue weighted by Crippen LogP contribution is 2.48. The molecular weight excluding hydrogens is 1100 g/mol. The summed E-state index contributed by atoms with van der Waals surface area (Å²) in [4.78, 5) is 13.1. The fourth-order valence-electron chi connectivity index (χ4n) is 10.4. The van der Waals surface area contributed by atoms with Gasteiger partial charge in [0.2, 0.25) is 0 Å². The van der Waals surface area contributed by atoms with Gasteiger partial charge in [-0.05, 0) is 55.4 Å². The van der Waals surface area contributed by atoms with E-state index in [-0.39, 0.29) is 39.3 Å². The van der Waals surface area contributed by atoms with Gasteiger partial charge in [-0.25, -0.2) is 17.2 Å². The lowest BCUT2D eigenvalue weighted by Crippen LogP contribution is -2.66. The highest BCUT2D eigenvalue weighted by molar-refractivity contribution is 7.90. The number of fused-ring (bicyclic) bond motifs is 1. The van der Waals surface area contributed by atoms with Gasteiger partial charge in [-0.2, -0.15) is 21.6 Å². The largest absolute Gasteiger partial charge is 0.534 e. The minimum absolute atomic E-state index is 0.0756. The SMILES string of the molecule is COC(=O)OCC(CO[Si](c1ccccc1)(c1ccccc1)C(C)(C)C)c1c(OS(=O)(=O)C(F)(F)F)cc(OCc2ccccc2)c2c1c(CO[Si](c1ccccc1)(c1ccccc1)C(C)(C)C)cn2S(=O)(=O)c1ccc(C)cc1. The molecule has 1 aromatic heterocycles. The smallest absolute Gasteiger partial charge is 0.487 e. The molecule has 0 aliphatic rings. The molecule has 0 saturated carbocycles. The van der Waals surface area contributed by atoms with E-state index in [0.29, 0.717) is 5.56 Å². The molecule has 0 radical (unpaired) electrons. The summed E-state index contributed by atoms with van der Waals surface area (Å²) >= 11 is 0. The number of benzene rings is 7. The summed E-state index contributed by atoms with van der Waals surface area (Å²) in [6, 6.07) is 53.9. The highest BCUT2D eigenvalue weighted by atomic mass is 32.2. The van der Waals surface area contributed by atoms with Crippen LogP contribution in [0.5, 0.6) is 11.5 Å². The van der Waals surface area contributed by atoms with Crippen LogP contribution >= 0.6 is 0 Å². The van der Waals surface area contributed by atoms with Crippen LogP contribution in [0.4, 0.5) is 18.0 Å². The third kappa shape index (κ3) is 11.9. The predicted molar refractivity (Wildman–Crippen MR) is 309 cm³/mol. The number of halogens is 3. The molecule has 0 spiro atoms. The van der Waals surface area contributed by atoms with Gasteiger partial charge in [0.1, 0.15) is 24.5 Å². The molecule has 12 nitrogen and oxygen atoms in total. The van der Waals surface area contributed by atoms with Crippen LogP contribution in [0.1, 0.15) is 69.7 Å². The van der Waals surface area contributed by atoms with Gasteiger partial charge in [0.15, 0.2) is 5.75 Å². The second-order valence-corrected chi connectivity index (χ2v) is 33.4. The van der Waals surface area contributed by atoms with Crippen LogP contribution in [0.25, 0.3) is 10.9 Å². The summed E-state index contributed by atoms with van der Waals surface area (Å²) in [5.41, 5.74) is -5.08. The zero-order valence-electron chi connectivity index (χ0n) is 45.7. The Bertz CT molecular complexity index is 3560. The van der Waals surface area contributed by atoms with Crippen LogP contribution in [0.2, 0.25) is 10.1 Å². The number of hydrogen-bond donors (Lipinski definition) is 0. The molecule has 7 aromatic carbocycles. The zero-order chi connectivity index (χ0) is 57.7. The first-order valence-corrected chi connectivity index (χ1v) is 32.4. The first-order valence-electron chi connectivity index (χ1n) is 25.8. The van der Waals surface area contributed by atoms with Crippen molar-refractivity contribution in [1.29, 1.82) is 0 Å². The van der Waals surface area contributed by atoms with E-state index in [1.165, 1.54) is 18.3 Å². The van der Waals surface area contributed by atoms with Crippen molar-refractivity contribution in [2.45, 2.75) is 88.1 Å². The van der Waals surface area contributed by atoms with Gasteiger partial charge >= 0.3 is 21.8 Å². The molecule has 19 heteroatoms. The van der Waals surface area contributed by atoms with E-state index < -0.39 is 90.0 Å². The topological polar surface area (TPSA) is 146 Å². The first-order chi connectivity index (χ1) is 37.9. The third-order valence-corrected chi connectivity index (χ3v) is 26.8. The molecule has 1 atom stereocenters. The van der Waals surface area contributed by atoms with Gasteiger partial charge < -0.3 is 27.2 Å². The van der Waals surface area contributed by atoms with Gasteiger partial charge in [0.25, 0.3) is 26.7 Å². The van der Waals surface area contributed by atoms with E-state index in [4.69, 9.17) is 27.2 Å². The van der Waals surface area contributed by atoms with Crippen molar-refractivity contribution < 1.29 is 62.0 Å². The van der Waals surface area contributed by atoms with E-state index in [1.807, 2.05) is 163 Å². The standard InChI is InChI=1S/C61H64F3NO11S2Si2/c1-44-34-36-48(37-35-44)77(67,68)65-39-46(42-74-79(59(2,3)4,49-26-16-10-17-27-49)50-28-18-11-19-29-50)56-55(53(76-78(69,70)61(62,63)64)38-54(57(56)65)72-40-45-24-14-9-15-25-45)47(41-73-58(66)71-8)43-75-80(60(5,6)7,51-30-20-12-21-31-51)52-32-22-13-23-33-52/h9-39,47H,40-43H2,1-8H3. The molecule has 420 valence electrons. The van der Waals surface area contributed by atoms with Crippen LogP contribution < -0.4 is 29.7 Å². The summed E-state index contributed by atoms with van der Waals surface area (Å²) in [5, 5.41) is 1.87. The Morgan fingerprint density at radius 3 is 1.48 bits per heavy atom. The third-order valence-electron chi connectivity index (χ3n) is 14.1. The maximum atomic E-state index is 15.6. The van der Waals surface area contributed by atoms with Crippen molar-refractivity contribution in [2.24, 2.45) is 0 Å². The van der Waals surface area contributed by atoms with Crippen molar-refractivity contribution >= 4 is 74.6 Å². The lowest BCUT2D eigenvalue weighted by atomic mass is 9.93. The van der Waals surface area contributed by atoms with Crippen LogP contribution in [-0.2, 0) is 51.7 Å². The average molecular weight is 1160 g/mol. The first kappa shape index (κ1) is 59.1. The molecule has 0 bridgehead atoms. The molecule has 0 fully saturated rings. The number of alkyl halides is 3. The maximum Gasteiger partial charge on any atom is 0.534 e. The maximum absolute atomic E-state index is 15.6. The molecule has 1 unspecified atom stereocenters. The number of rotatable bonds is 20. The van der Waals surface area contributed by atoms with Gasteiger partial charge in [-0.15, -0.1) is 0 Å². The number of carbonyl (C=O) groups excluding carboxylic acids is 1. The van der Waals surface area contributed by atoms with Crippen molar-refractivity contribution in [3.05, 3.63) is 210 Å². The van der Waals surface area contributed by atoms with Crippen molar-refractivity contribution in [1.82, 2.24) is 3.97 Å². The molecule has 0 N–H and O–H groups in total. The molecule has 0 saturated heterocycles. The van der Waals surface area contributed by atoms with E-state index in [9.17, 15) is 26.4 Å². The summed E-state index contributed by atoms with van der Waals surface area (Å²) in [7, 11) is -17.3. The fraction of sp³-hybridized carbons (Fsp3) is 0.262. The Hall–Kier alpha value is -7.01. The average Bonchev–Trinajstić information content (AvgIpc) is 3.93. The van der Waals surface area contributed by atoms with Crippen LogP contribution in [0.15, 0.2) is 193 Å². The van der Waals surface area contributed by atoms with Gasteiger partial charge in [-0.1, -0.05) is 211 Å². The van der Waals surface area contributed by atoms with E-state index >= 15 is 8.42 Å². The second kappa shape index (κ2) is 23.6. The molecule has 8 rings (SSSR count). The highest BCUT2D eigenvalue weighted by Gasteiger charge is 2.53. The number of carbonyl (C=O) groups is 1. The molecule has 0 amide bonds. The van der Waals surface area contributed by atoms with Crippen LogP contribution in [0, 0.1) is 6.92 Å². The Morgan fingerprint density at radius 1 is 0.588 bits per heavy atom. The Labute approximate surface area is 468 Å². The summed E-state index contributed by atoms with van der Waals surface area (Å²) in [6.45, 7) is 12.1. The van der Waals surface area contributed by atoms with Crippen molar-refractivity contribution in [2.75, 3.05) is 20.3 Å². The molecule has 0 aliphatic heterocycles. The van der Waals surface area contributed by atoms with Gasteiger partial charge in [0, 0.05) is 41.3 Å². The second-order valence-electron chi connectivity index (χ2n) is 21.4. The monoisotopic (exact) mass is 1160 g/mol. The molecular formula is C61H64F3NO11S2Si2. The van der Waals surface area contributed by atoms with Crippen molar-refractivity contribution in [3.8, 4) is 11.5 Å². The Morgan fingerprint density at radius 2 is 1.04 bits per heavy atom. The Balaban J connectivity index is 1.52. The number of ether oxygens (including phenoxy) is 3. The van der Waals surface area contributed by atoms with Crippen LogP contribution in [0.3, 0.4) is 0 Å². The van der Waals surface area contributed by atoms with Crippen LogP contribution in [-0.4, -0.2) is 69.4 Å². The minimum atomic E-state index is -6.53. The molecule has 8 aromatic rings. The minimum Gasteiger partial charge on any atom is -0.487 e. The lowest BCUT2D eigenvalue weighted by Gasteiger charge is -2.44. The van der Waals surface area contributed by atoms with Gasteiger partial charge in [-0.3, -0.25) is 0 Å². The molecule has 1 heterocycles. The van der Waals surface area contributed by atoms with E-state index in [0.717, 1.165) is 43.5 Å². The summed E-state index contributed by atoms with van der Waals surface area (Å²) in [5.74, 6) is -2.73. The predicted octanol–water partition coefficient (Wildman–Crippen LogP) is 11.5. The Kier molecular flexibility index (Phi) is 17.4. The quantitative estimate of drug-likeness (QED) is 0.0311. The number of methoxy groups -OCH3 is 1. The lowest BCUT2D eigenvalue weighted by molar-refractivity contribution is -0.0500. The van der Waals surface area contributed by atoms with E-state index in [2.05, 4.69) is 0 Å². The number of aromatic nitrogens is 1. The number of nitrogens with zero attached hydrogens (tertiary/aromatic N) is 1. The summed E-state index contributed by atoms with van der Waals surface area (Å²) < 4.78 is 142. The molecule has 80 heavy (non-hydrogen) atoms. The number of hydrogen-bond acceptors (Lipinski definition) is 11.